The second-order valence-electron chi connectivity index (χ2n) is 3.85. The van der Waals surface area contributed by atoms with E-state index in [1.165, 1.54) is 0 Å². The lowest BCUT2D eigenvalue weighted by Crippen LogP contribution is -2.34. The highest BCUT2D eigenvalue weighted by atomic mass is 35.5. The van der Waals surface area contributed by atoms with Gasteiger partial charge in [0.2, 0.25) is 0 Å². The molecule has 2 atom stereocenters. The summed E-state index contributed by atoms with van der Waals surface area (Å²) in [5, 5.41) is -2.55. The molecule has 1 heterocycles. The largest absolute Gasteiger partial charge is 0.466 e. The summed E-state index contributed by atoms with van der Waals surface area (Å²) < 4.78 is 28.3. The minimum absolute atomic E-state index is 0.211. The third-order valence-corrected chi connectivity index (χ3v) is 2.34. The summed E-state index contributed by atoms with van der Waals surface area (Å²) in [5.74, 6) is -1.87. The van der Waals surface area contributed by atoms with Gasteiger partial charge in [-0.2, -0.15) is 0 Å². The smallest absolute Gasteiger partial charge is 0.359 e. The monoisotopic (exact) mass is 240 g/mol. The van der Waals surface area contributed by atoms with E-state index in [2.05, 4.69) is 4.74 Å². The average Bonchev–Trinajstić information content (AvgIpc) is 2.43. The topological polar surface area (TPSA) is 44.8 Å². The van der Waals surface area contributed by atoms with Crippen LogP contribution in [-0.4, -0.2) is 36.7 Å². The predicted octanol–water partition coefficient (Wildman–Crippen LogP) is 1.61. The fourth-order valence-electron chi connectivity index (χ4n) is 1.38. The summed E-state index contributed by atoms with van der Waals surface area (Å²) in [6.07, 6.45) is -0.827. The molecule has 1 aliphatic heterocycles. The molecule has 15 heavy (non-hydrogen) atoms. The average molecular weight is 241 g/mol. The lowest BCUT2D eigenvalue weighted by atomic mass is 10.2. The number of rotatable bonds is 3. The third-order valence-electron chi connectivity index (χ3n) is 2.04. The van der Waals surface area contributed by atoms with Gasteiger partial charge in [-0.1, -0.05) is 11.6 Å². The molecule has 1 aliphatic rings. The number of hydrogen-bond acceptors (Lipinski definition) is 4. The molecule has 0 unspecified atom stereocenters. The molecule has 1 fully saturated rings. The third kappa shape index (κ3) is 3.29. The molecule has 0 N–H and O–H groups in total. The number of ether oxygens (including phenoxy) is 3. The maximum absolute atomic E-state index is 13.5. The Hall–Kier alpha value is -0.390. The Labute approximate surface area is 92.6 Å². The quantitative estimate of drug-likeness (QED) is 0.555. The number of esters is 1. The van der Waals surface area contributed by atoms with Gasteiger partial charge in [-0.3, -0.25) is 0 Å². The first kappa shape index (κ1) is 12.7. The van der Waals surface area contributed by atoms with Crippen molar-refractivity contribution in [3.05, 3.63) is 0 Å². The molecule has 0 saturated carbocycles. The SMILES string of the molecule is COC(=O)[C@](F)(Cl)C[C@H]1COC(C)(C)O1. The van der Waals surface area contributed by atoms with Crippen LogP contribution in [0.15, 0.2) is 0 Å². The van der Waals surface area contributed by atoms with Crippen molar-refractivity contribution >= 4 is 17.6 Å². The molecule has 6 heteroatoms. The Morgan fingerprint density at radius 3 is 2.73 bits per heavy atom. The Morgan fingerprint density at radius 2 is 2.33 bits per heavy atom. The van der Waals surface area contributed by atoms with Gasteiger partial charge in [0, 0.05) is 6.42 Å². The summed E-state index contributed by atoms with van der Waals surface area (Å²) in [6.45, 7) is 3.63. The van der Waals surface area contributed by atoms with Gasteiger partial charge in [0.05, 0.1) is 19.8 Å². The first-order chi connectivity index (χ1) is 6.77. The van der Waals surface area contributed by atoms with E-state index in [-0.39, 0.29) is 13.0 Å². The van der Waals surface area contributed by atoms with Crippen molar-refractivity contribution in [3.63, 3.8) is 0 Å². The second kappa shape index (κ2) is 4.23. The number of carbonyl (C=O) groups is 1. The highest BCUT2D eigenvalue weighted by Crippen LogP contribution is 2.32. The lowest BCUT2D eigenvalue weighted by Gasteiger charge is -2.20. The van der Waals surface area contributed by atoms with Crippen molar-refractivity contribution in [2.45, 2.75) is 37.3 Å². The van der Waals surface area contributed by atoms with Crippen LogP contribution in [0, 0.1) is 0 Å². The van der Waals surface area contributed by atoms with Crippen molar-refractivity contribution in [1.29, 1.82) is 0 Å². The zero-order valence-corrected chi connectivity index (χ0v) is 9.64. The summed E-state index contributed by atoms with van der Waals surface area (Å²) in [7, 11) is 1.08. The van der Waals surface area contributed by atoms with Gasteiger partial charge in [0.25, 0.3) is 5.13 Å². The van der Waals surface area contributed by atoms with Crippen molar-refractivity contribution in [1.82, 2.24) is 0 Å². The fourth-order valence-corrected chi connectivity index (χ4v) is 1.63. The molecule has 0 aromatic carbocycles. The van der Waals surface area contributed by atoms with E-state index in [1.54, 1.807) is 13.8 Å². The molecule has 0 spiro atoms. The van der Waals surface area contributed by atoms with E-state index in [4.69, 9.17) is 21.1 Å². The number of carbonyl (C=O) groups excluding carboxylic acids is 1. The van der Waals surface area contributed by atoms with Gasteiger partial charge in [-0.05, 0) is 13.8 Å². The van der Waals surface area contributed by atoms with Gasteiger partial charge in [-0.25, -0.2) is 9.18 Å². The zero-order chi connectivity index (χ0) is 11.7. The number of halogens is 2. The molecule has 0 amide bonds. The van der Waals surface area contributed by atoms with Crippen molar-refractivity contribution < 1.29 is 23.4 Å². The molecule has 1 saturated heterocycles. The number of hydrogen-bond donors (Lipinski definition) is 0. The molecule has 1 rings (SSSR count). The van der Waals surface area contributed by atoms with Gasteiger partial charge in [0.1, 0.15) is 0 Å². The van der Waals surface area contributed by atoms with Crippen LogP contribution in [0.2, 0.25) is 0 Å². The summed E-state index contributed by atoms with van der Waals surface area (Å²) in [6, 6.07) is 0. The van der Waals surface area contributed by atoms with Crippen LogP contribution in [0.25, 0.3) is 0 Å². The lowest BCUT2D eigenvalue weighted by molar-refractivity contribution is -0.156. The molecule has 0 aromatic rings. The van der Waals surface area contributed by atoms with Gasteiger partial charge >= 0.3 is 5.97 Å². The first-order valence-electron chi connectivity index (χ1n) is 4.55. The van der Waals surface area contributed by atoms with Gasteiger partial charge in [-0.15, -0.1) is 0 Å². The van der Waals surface area contributed by atoms with Crippen LogP contribution in [0.4, 0.5) is 4.39 Å². The molecule has 88 valence electrons. The summed E-state index contributed by atoms with van der Waals surface area (Å²) >= 11 is 5.38. The highest BCUT2D eigenvalue weighted by molar-refractivity contribution is 6.32. The van der Waals surface area contributed by atoms with Crippen LogP contribution >= 0.6 is 11.6 Å². The Morgan fingerprint density at radius 1 is 1.73 bits per heavy atom. The highest BCUT2D eigenvalue weighted by Gasteiger charge is 2.44. The van der Waals surface area contributed by atoms with Crippen molar-refractivity contribution in [2.75, 3.05) is 13.7 Å². The minimum Gasteiger partial charge on any atom is -0.466 e. The second-order valence-corrected chi connectivity index (χ2v) is 4.45. The number of alkyl halides is 2. The molecular weight excluding hydrogens is 227 g/mol. The van der Waals surface area contributed by atoms with Crippen LogP contribution < -0.4 is 0 Å². The molecule has 0 radical (unpaired) electrons. The zero-order valence-electron chi connectivity index (χ0n) is 8.88. The van der Waals surface area contributed by atoms with E-state index < -0.39 is 23.0 Å². The minimum atomic E-state index is -2.55. The molecule has 0 bridgehead atoms. The van der Waals surface area contributed by atoms with Crippen molar-refractivity contribution in [3.8, 4) is 0 Å². The molecular formula is C9H14ClFO4. The van der Waals surface area contributed by atoms with Crippen LogP contribution in [-0.2, 0) is 19.0 Å². The van der Waals surface area contributed by atoms with Gasteiger partial charge < -0.3 is 14.2 Å². The standard InChI is InChI=1S/C9H14ClFO4/c1-8(2)14-5-6(15-8)4-9(10,11)7(12)13-3/h6H,4-5H2,1-3H3/t6-,9-/m0/s1. The van der Waals surface area contributed by atoms with Crippen LogP contribution in [0.1, 0.15) is 20.3 Å². The molecule has 4 nitrogen and oxygen atoms in total. The Balaban J connectivity index is 2.52. The first-order valence-corrected chi connectivity index (χ1v) is 4.93. The molecule has 0 aliphatic carbocycles. The Kier molecular flexibility index (Phi) is 3.58. The van der Waals surface area contributed by atoms with E-state index >= 15 is 0 Å². The number of methoxy groups -OCH3 is 1. The van der Waals surface area contributed by atoms with Gasteiger partial charge in [0.15, 0.2) is 5.79 Å². The summed E-state index contributed by atoms with van der Waals surface area (Å²) in [5.41, 5.74) is 0. The van der Waals surface area contributed by atoms with E-state index in [0.717, 1.165) is 7.11 Å². The molecule has 0 aromatic heterocycles. The summed E-state index contributed by atoms with van der Waals surface area (Å²) in [4.78, 5) is 11.0. The van der Waals surface area contributed by atoms with Crippen LogP contribution in [0.5, 0.6) is 0 Å². The van der Waals surface area contributed by atoms with E-state index in [9.17, 15) is 9.18 Å². The van der Waals surface area contributed by atoms with Crippen molar-refractivity contribution in [2.24, 2.45) is 0 Å². The maximum atomic E-state index is 13.5. The Bertz CT molecular complexity index is 254. The normalized spacial score (nSPS) is 28.5. The van der Waals surface area contributed by atoms with Crippen LogP contribution in [0.3, 0.4) is 0 Å². The van der Waals surface area contributed by atoms with E-state index in [0.29, 0.717) is 0 Å². The predicted molar refractivity (Wildman–Crippen MR) is 51.2 cm³/mol. The fraction of sp³-hybridized carbons (Fsp3) is 0.889. The van der Waals surface area contributed by atoms with E-state index in [1.807, 2.05) is 0 Å². The maximum Gasteiger partial charge on any atom is 0.359 e.